The molecule has 100 valence electrons. The summed E-state index contributed by atoms with van der Waals surface area (Å²) in [4.78, 5) is 4.56. The normalized spacial score (nSPS) is 18.5. The fourth-order valence-electron chi connectivity index (χ4n) is 2.58. The molecule has 0 spiro atoms. The number of aromatic nitrogens is 1. The van der Waals surface area contributed by atoms with Gasteiger partial charge in [0.15, 0.2) is 0 Å². The van der Waals surface area contributed by atoms with Gasteiger partial charge in [0.25, 0.3) is 0 Å². The standard InChI is InChI=1S/C17H22N2/c1-11-4-5-15-10-14(6-9-17(15)18-11)12(2)13(3)19-16-7-8-16/h4-6,9-10,12-13,16,19H,7-8H2,1-3H3. The molecule has 0 bridgehead atoms. The summed E-state index contributed by atoms with van der Waals surface area (Å²) in [6.07, 6.45) is 2.69. The minimum atomic E-state index is 0.531. The maximum absolute atomic E-state index is 4.56. The Kier molecular flexibility index (Phi) is 3.28. The first kappa shape index (κ1) is 12.6. The van der Waals surface area contributed by atoms with E-state index in [0.29, 0.717) is 12.0 Å². The zero-order chi connectivity index (χ0) is 13.4. The van der Waals surface area contributed by atoms with Crippen LogP contribution < -0.4 is 5.32 Å². The number of hydrogen-bond acceptors (Lipinski definition) is 2. The van der Waals surface area contributed by atoms with Crippen molar-refractivity contribution in [1.82, 2.24) is 10.3 Å². The lowest BCUT2D eigenvalue weighted by atomic mass is 9.93. The Labute approximate surface area is 115 Å². The van der Waals surface area contributed by atoms with Gasteiger partial charge < -0.3 is 5.32 Å². The zero-order valence-electron chi connectivity index (χ0n) is 12.0. The van der Waals surface area contributed by atoms with E-state index < -0.39 is 0 Å². The summed E-state index contributed by atoms with van der Waals surface area (Å²) in [5, 5.41) is 4.94. The van der Waals surface area contributed by atoms with Crippen LogP contribution in [-0.2, 0) is 0 Å². The summed E-state index contributed by atoms with van der Waals surface area (Å²) in [7, 11) is 0. The molecule has 1 aromatic carbocycles. The Morgan fingerprint density at radius 1 is 1.16 bits per heavy atom. The Morgan fingerprint density at radius 3 is 2.68 bits per heavy atom. The van der Waals surface area contributed by atoms with E-state index in [9.17, 15) is 0 Å². The highest BCUT2D eigenvalue weighted by Gasteiger charge is 2.25. The van der Waals surface area contributed by atoms with Gasteiger partial charge in [0, 0.05) is 23.2 Å². The van der Waals surface area contributed by atoms with Crippen LogP contribution in [0.5, 0.6) is 0 Å². The molecule has 2 unspecified atom stereocenters. The van der Waals surface area contributed by atoms with E-state index in [0.717, 1.165) is 17.3 Å². The topological polar surface area (TPSA) is 24.9 Å². The monoisotopic (exact) mass is 254 g/mol. The highest BCUT2D eigenvalue weighted by atomic mass is 15.0. The van der Waals surface area contributed by atoms with Crippen LogP contribution in [0.1, 0.15) is 43.9 Å². The molecule has 2 aromatic rings. The summed E-state index contributed by atoms with van der Waals surface area (Å²) in [5.74, 6) is 0.534. The van der Waals surface area contributed by atoms with Crippen molar-refractivity contribution in [3.05, 3.63) is 41.6 Å². The molecule has 1 fully saturated rings. The van der Waals surface area contributed by atoms with Crippen LogP contribution in [0.4, 0.5) is 0 Å². The Hall–Kier alpha value is -1.41. The maximum atomic E-state index is 4.56. The van der Waals surface area contributed by atoms with Crippen molar-refractivity contribution in [2.45, 2.75) is 51.6 Å². The molecule has 1 N–H and O–H groups in total. The van der Waals surface area contributed by atoms with Crippen molar-refractivity contribution in [2.24, 2.45) is 0 Å². The van der Waals surface area contributed by atoms with Gasteiger partial charge in [-0.05, 0) is 56.4 Å². The van der Waals surface area contributed by atoms with Crippen LogP contribution >= 0.6 is 0 Å². The third-order valence-electron chi connectivity index (χ3n) is 4.20. The molecule has 2 atom stereocenters. The van der Waals surface area contributed by atoms with E-state index in [-0.39, 0.29) is 0 Å². The first-order chi connectivity index (χ1) is 9.13. The molecule has 0 amide bonds. The van der Waals surface area contributed by atoms with Crippen LogP contribution in [-0.4, -0.2) is 17.1 Å². The molecule has 0 aliphatic heterocycles. The van der Waals surface area contributed by atoms with Gasteiger partial charge in [-0.25, -0.2) is 0 Å². The SMILES string of the molecule is Cc1ccc2cc(C(C)C(C)NC3CC3)ccc2n1. The quantitative estimate of drug-likeness (QED) is 0.898. The lowest BCUT2D eigenvalue weighted by Gasteiger charge is -2.22. The van der Waals surface area contributed by atoms with E-state index >= 15 is 0 Å². The number of rotatable bonds is 4. The smallest absolute Gasteiger partial charge is 0.0705 e. The van der Waals surface area contributed by atoms with Crippen molar-refractivity contribution in [2.75, 3.05) is 0 Å². The summed E-state index contributed by atoms with van der Waals surface area (Å²) >= 11 is 0. The fourth-order valence-corrected chi connectivity index (χ4v) is 2.58. The molecule has 1 aliphatic carbocycles. The van der Waals surface area contributed by atoms with Gasteiger partial charge in [0.1, 0.15) is 0 Å². The second-order valence-corrected chi connectivity index (χ2v) is 5.92. The minimum absolute atomic E-state index is 0.531. The first-order valence-corrected chi connectivity index (χ1v) is 7.27. The third kappa shape index (κ3) is 2.79. The minimum Gasteiger partial charge on any atom is -0.311 e. The molecule has 1 heterocycles. The molecular weight excluding hydrogens is 232 g/mol. The van der Waals surface area contributed by atoms with Gasteiger partial charge in [-0.2, -0.15) is 0 Å². The molecule has 3 rings (SSSR count). The Bertz CT molecular complexity index is 587. The largest absolute Gasteiger partial charge is 0.311 e. The summed E-state index contributed by atoms with van der Waals surface area (Å²) in [6.45, 7) is 6.64. The average Bonchev–Trinajstić information content (AvgIpc) is 3.21. The van der Waals surface area contributed by atoms with E-state index in [1.54, 1.807) is 0 Å². The number of nitrogens with zero attached hydrogens (tertiary/aromatic N) is 1. The van der Waals surface area contributed by atoms with E-state index in [1.165, 1.54) is 23.8 Å². The van der Waals surface area contributed by atoms with Crippen molar-refractivity contribution >= 4 is 10.9 Å². The lowest BCUT2D eigenvalue weighted by molar-refractivity contribution is 0.479. The number of hydrogen-bond donors (Lipinski definition) is 1. The molecule has 1 saturated carbocycles. The van der Waals surface area contributed by atoms with E-state index in [4.69, 9.17) is 0 Å². The molecule has 2 nitrogen and oxygen atoms in total. The fraction of sp³-hybridized carbons (Fsp3) is 0.471. The predicted octanol–water partition coefficient (Wildman–Crippen LogP) is 3.79. The number of nitrogens with one attached hydrogen (secondary N) is 1. The van der Waals surface area contributed by atoms with Crippen LogP contribution in [0.2, 0.25) is 0 Å². The molecule has 19 heavy (non-hydrogen) atoms. The molecule has 1 aromatic heterocycles. The van der Waals surface area contributed by atoms with Crippen LogP contribution in [0.3, 0.4) is 0 Å². The number of benzene rings is 1. The molecule has 2 heteroatoms. The third-order valence-corrected chi connectivity index (χ3v) is 4.20. The molecular formula is C17H22N2. The average molecular weight is 254 g/mol. The number of pyridine rings is 1. The van der Waals surface area contributed by atoms with Crippen molar-refractivity contribution in [3.63, 3.8) is 0 Å². The predicted molar refractivity (Wildman–Crippen MR) is 80.5 cm³/mol. The van der Waals surface area contributed by atoms with Gasteiger partial charge >= 0.3 is 0 Å². The molecule has 1 aliphatic rings. The summed E-state index contributed by atoms with van der Waals surface area (Å²) in [5.41, 5.74) is 3.58. The van der Waals surface area contributed by atoms with Gasteiger partial charge in [0.2, 0.25) is 0 Å². The zero-order valence-corrected chi connectivity index (χ0v) is 12.0. The van der Waals surface area contributed by atoms with Crippen LogP contribution in [0.25, 0.3) is 10.9 Å². The highest BCUT2D eigenvalue weighted by molar-refractivity contribution is 5.79. The molecule has 0 radical (unpaired) electrons. The second-order valence-electron chi connectivity index (χ2n) is 5.92. The van der Waals surface area contributed by atoms with Crippen LogP contribution in [0, 0.1) is 6.92 Å². The van der Waals surface area contributed by atoms with Crippen molar-refractivity contribution in [1.29, 1.82) is 0 Å². The summed E-state index contributed by atoms with van der Waals surface area (Å²) < 4.78 is 0. The van der Waals surface area contributed by atoms with Gasteiger partial charge in [-0.15, -0.1) is 0 Å². The van der Waals surface area contributed by atoms with Crippen molar-refractivity contribution < 1.29 is 0 Å². The first-order valence-electron chi connectivity index (χ1n) is 7.27. The van der Waals surface area contributed by atoms with E-state index in [2.05, 4.69) is 54.5 Å². The lowest BCUT2D eigenvalue weighted by Crippen LogP contribution is -2.32. The van der Waals surface area contributed by atoms with E-state index in [1.807, 2.05) is 6.92 Å². The Balaban J connectivity index is 1.85. The van der Waals surface area contributed by atoms with Crippen molar-refractivity contribution in [3.8, 4) is 0 Å². The number of aryl methyl sites for hydroxylation is 1. The Morgan fingerprint density at radius 2 is 1.95 bits per heavy atom. The maximum Gasteiger partial charge on any atom is 0.0705 e. The van der Waals surface area contributed by atoms with Crippen LogP contribution in [0.15, 0.2) is 30.3 Å². The molecule has 0 saturated heterocycles. The highest BCUT2D eigenvalue weighted by Crippen LogP contribution is 2.26. The van der Waals surface area contributed by atoms with Gasteiger partial charge in [-0.1, -0.05) is 19.1 Å². The second kappa shape index (κ2) is 4.93. The van der Waals surface area contributed by atoms with Gasteiger partial charge in [0.05, 0.1) is 5.52 Å². The number of fused-ring (bicyclic) bond motifs is 1. The van der Waals surface area contributed by atoms with Gasteiger partial charge in [-0.3, -0.25) is 4.98 Å². The summed E-state index contributed by atoms with van der Waals surface area (Å²) in [6, 6.07) is 12.2.